The molecule has 1 saturated heterocycles. The SMILES string of the molecule is CC(=NN1C(=O)CSC1=O)c1ccc(N)cc1C. The molecule has 1 aliphatic rings. The van der Waals surface area contributed by atoms with Crippen LogP contribution in [0.4, 0.5) is 10.5 Å². The first-order chi connectivity index (χ1) is 8.49. The number of nitrogens with zero attached hydrogens (tertiary/aromatic N) is 2. The zero-order valence-electron chi connectivity index (χ0n) is 10.1. The van der Waals surface area contributed by atoms with Crippen LogP contribution in [-0.4, -0.2) is 27.6 Å². The van der Waals surface area contributed by atoms with E-state index < -0.39 is 0 Å². The van der Waals surface area contributed by atoms with Gasteiger partial charge >= 0.3 is 5.24 Å². The molecule has 0 aliphatic carbocycles. The van der Waals surface area contributed by atoms with Gasteiger partial charge in [-0.3, -0.25) is 9.59 Å². The summed E-state index contributed by atoms with van der Waals surface area (Å²) in [5, 5.41) is 4.69. The number of nitrogen functional groups attached to an aromatic ring is 1. The summed E-state index contributed by atoms with van der Waals surface area (Å²) in [5.74, 6) is -0.117. The minimum atomic E-state index is -0.326. The number of carbonyl (C=O) groups is 2. The second kappa shape index (κ2) is 4.81. The molecule has 5 nitrogen and oxygen atoms in total. The van der Waals surface area contributed by atoms with E-state index in [1.54, 1.807) is 13.0 Å². The van der Waals surface area contributed by atoms with Gasteiger partial charge in [0.15, 0.2) is 0 Å². The molecule has 1 heterocycles. The second-order valence-corrected chi connectivity index (χ2v) is 4.95. The number of amides is 2. The Kier molecular flexibility index (Phi) is 3.38. The molecule has 0 saturated carbocycles. The third-order valence-corrected chi connectivity index (χ3v) is 3.43. The van der Waals surface area contributed by atoms with Gasteiger partial charge in [-0.25, -0.2) is 0 Å². The van der Waals surface area contributed by atoms with Crippen LogP contribution in [0.3, 0.4) is 0 Å². The first-order valence-electron chi connectivity index (χ1n) is 5.40. The van der Waals surface area contributed by atoms with E-state index in [0.29, 0.717) is 11.4 Å². The molecule has 0 aromatic heterocycles. The predicted octanol–water partition coefficient (Wildman–Crippen LogP) is 2.00. The Bertz CT molecular complexity index is 538. The minimum absolute atomic E-state index is 0.163. The van der Waals surface area contributed by atoms with E-state index in [-0.39, 0.29) is 16.9 Å². The molecule has 0 spiro atoms. The highest BCUT2D eigenvalue weighted by molar-refractivity contribution is 8.14. The first-order valence-corrected chi connectivity index (χ1v) is 6.39. The molecule has 1 aromatic rings. The van der Waals surface area contributed by atoms with Crippen molar-refractivity contribution in [1.29, 1.82) is 0 Å². The van der Waals surface area contributed by atoms with Gasteiger partial charge in [0.25, 0.3) is 5.91 Å². The van der Waals surface area contributed by atoms with Crippen LogP contribution in [0.15, 0.2) is 23.3 Å². The predicted molar refractivity (Wildman–Crippen MR) is 72.5 cm³/mol. The Morgan fingerprint density at radius 2 is 2.17 bits per heavy atom. The van der Waals surface area contributed by atoms with E-state index in [2.05, 4.69) is 5.10 Å². The highest BCUT2D eigenvalue weighted by Crippen LogP contribution is 2.20. The van der Waals surface area contributed by atoms with Crippen molar-refractivity contribution < 1.29 is 9.59 Å². The van der Waals surface area contributed by atoms with Crippen LogP contribution in [0.5, 0.6) is 0 Å². The molecule has 6 heteroatoms. The molecule has 1 fully saturated rings. The number of thioether (sulfide) groups is 1. The molecule has 0 radical (unpaired) electrons. The Hall–Kier alpha value is -1.82. The van der Waals surface area contributed by atoms with Crippen molar-refractivity contribution in [3.8, 4) is 0 Å². The van der Waals surface area contributed by atoms with Crippen molar-refractivity contribution in [2.45, 2.75) is 13.8 Å². The minimum Gasteiger partial charge on any atom is -0.399 e. The highest BCUT2D eigenvalue weighted by atomic mass is 32.2. The molecule has 1 aliphatic heterocycles. The number of hydrazone groups is 1. The monoisotopic (exact) mass is 263 g/mol. The largest absolute Gasteiger partial charge is 0.399 e. The van der Waals surface area contributed by atoms with E-state index in [4.69, 9.17) is 5.73 Å². The van der Waals surface area contributed by atoms with Crippen molar-refractivity contribution in [3.63, 3.8) is 0 Å². The summed E-state index contributed by atoms with van der Waals surface area (Å²) >= 11 is 0.968. The maximum absolute atomic E-state index is 11.4. The maximum Gasteiger partial charge on any atom is 0.309 e. The van der Waals surface area contributed by atoms with Gasteiger partial charge in [-0.2, -0.15) is 10.1 Å². The number of carbonyl (C=O) groups excluding carboxylic acids is 2. The lowest BCUT2D eigenvalue weighted by Crippen LogP contribution is -2.24. The Labute approximate surface area is 109 Å². The normalized spacial score (nSPS) is 16.6. The van der Waals surface area contributed by atoms with Crippen molar-refractivity contribution in [2.24, 2.45) is 5.10 Å². The molecule has 0 bridgehead atoms. The summed E-state index contributed by atoms with van der Waals surface area (Å²) in [6.07, 6.45) is 0. The number of hydrogen-bond donors (Lipinski definition) is 1. The summed E-state index contributed by atoms with van der Waals surface area (Å²) in [4.78, 5) is 22.9. The molecule has 0 unspecified atom stereocenters. The number of anilines is 1. The molecule has 2 rings (SSSR count). The van der Waals surface area contributed by atoms with Gasteiger partial charge in [0, 0.05) is 11.3 Å². The third-order valence-electron chi connectivity index (χ3n) is 2.62. The molecular formula is C12H13N3O2S. The molecule has 94 valence electrons. The first kappa shape index (κ1) is 12.6. The van der Waals surface area contributed by atoms with E-state index in [1.165, 1.54) is 0 Å². The quantitative estimate of drug-likeness (QED) is 0.654. The van der Waals surface area contributed by atoms with Gasteiger partial charge in [0.05, 0.1) is 11.5 Å². The number of hydrogen-bond acceptors (Lipinski definition) is 5. The van der Waals surface area contributed by atoms with Crippen LogP contribution < -0.4 is 5.73 Å². The standard InChI is InChI=1S/C12H13N3O2S/c1-7-5-9(13)3-4-10(7)8(2)14-15-11(16)6-18-12(15)17/h3-5H,6,13H2,1-2H3. The number of imide groups is 1. The molecule has 0 atom stereocenters. The molecule has 2 N–H and O–H groups in total. The zero-order valence-corrected chi connectivity index (χ0v) is 11.0. The van der Waals surface area contributed by atoms with Gasteiger partial charge in [-0.1, -0.05) is 17.8 Å². The molecular weight excluding hydrogens is 250 g/mol. The van der Waals surface area contributed by atoms with E-state index in [0.717, 1.165) is 27.9 Å². The average molecular weight is 263 g/mol. The fourth-order valence-corrected chi connectivity index (χ4v) is 2.38. The fourth-order valence-electron chi connectivity index (χ4n) is 1.74. The highest BCUT2D eigenvalue weighted by Gasteiger charge is 2.30. The van der Waals surface area contributed by atoms with Crippen LogP contribution in [0, 0.1) is 6.92 Å². The number of rotatable bonds is 2. The third kappa shape index (κ3) is 2.38. The van der Waals surface area contributed by atoms with E-state index >= 15 is 0 Å². The van der Waals surface area contributed by atoms with Crippen LogP contribution >= 0.6 is 11.8 Å². The maximum atomic E-state index is 11.4. The van der Waals surface area contributed by atoms with Crippen LogP contribution in [0.2, 0.25) is 0 Å². The summed E-state index contributed by atoms with van der Waals surface area (Å²) in [7, 11) is 0. The molecule has 2 amide bonds. The van der Waals surface area contributed by atoms with Crippen LogP contribution in [0.25, 0.3) is 0 Å². The van der Waals surface area contributed by atoms with Crippen LogP contribution in [-0.2, 0) is 4.79 Å². The van der Waals surface area contributed by atoms with Gasteiger partial charge in [0.2, 0.25) is 0 Å². The summed E-state index contributed by atoms with van der Waals surface area (Å²) in [6.45, 7) is 3.68. The Balaban J connectivity index is 2.33. The van der Waals surface area contributed by atoms with Crippen molar-refractivity contribution in [2.75, 3.05) is 11.5 Å². The van der Waals surface area contributed by atoms with Crippen molar-refractivity contribution in [1.82, 2.24) is 5.01 Å². The number of benzene rings is 1. The van der Waals surface area contributed by atoms with Crippen molar-refractivity contribution in [3.05, 3.63) is 29.3 Å². The molecule has 18 heavy (non-hydrogen) atoms. The van der Waals surface area contributed by atoms with Gasteiger partial charge < -0.3 is 5.73 Å². The summed E-state index contributed by atoms with van der Waals surface area (Å²) in [6, 6.07) is 5.43. The average Bonchev–Trinajstić information content (AvgIpc) is 2.60. The van der Waals surface area contributed by atoms with Gasteiger partial charge in [0.1, 0.15) is 0 Å². The number of aryl methyl sites for hydroxylation is 1. The Morgan fingerprint density at radius 3 is 2.72 bits per heavy atom. The lowest BCUT2D eigenvalue weighted by molar-refractivity contribution is -0.124. The molecule has 1 aromatic carbocycles. The lowest BCUT2D eigenvalue weighted by atomic mass is 10.0. The van der Waals surface area contributed by atoms with Gasteiger partial charge in [-0.15, -0.1) is 0 Å². The van der Waals surface area contributed by atoms with Crippen LogP contribution in [0.1, 0.15) is 18.1 Å². The zero-order chi connectivity index (χ0) is 13.3. The summed E-state index contributed by atoms with van der Waals surface area (Å²) < 4.78 is 0. The number of nitrogens with two attached hydrogens (primary N) is 1. The van der Waals surface area contributed by atoms with E-state index in [9.17, 15) is 9.59 Å². The Morgan fingerprint density at radius 1 is 1.44 bits per heavy atom. The van der Waals surface area contributed by atoms with E-state index in [1.807, 2.05) is 19.1 Å². The second-order valence-electron chi connectivity index (χ2n) is 4.02. The fraction of sp³-hybridized carbons (Fsp3) is 0.250. The topological polar surface area (TPSA) is 75.8 Å². The van der Waals surface area contributed by atoms with Crippen molar-refractivity contribution >= 4 is 34.3 Å². The van der Waals surface area contributed by atoms with Gasteiger partial charge in [-0.05, 0) is 31.5 Å². The smallest absolute Gasteiger partial charge is 0.309 e. The summed E-state index contributed by atoms with van der Waals surface area (Å²) in [5.41, 5.74) is 8.81. The lowest BCUT2D eigenvalue weighted by Gasteiger charge is -2.10.